The highest BCUT2D eigenvalue weighted by atomic mass is 16.5. The third-order valence-electron chi connectivity index (χ3n) is 5.58. The highest BCUT2D eigenvalue weighted by Gasteiger charge is 2.41. The molecule has 126 valence electrons. The first-order valence-corrected chi connectivity index (χ1v) is 8.80. The van der Waals surface area contributed by atoms with Gasteiger partial charge in [0.1, 0.15) is 0 Å². The Morgan fingerprint density at radius 3 is 3.04 bits per heavy atom. The van der Waals surface area contributed by atoms with Crippen LogP contribution in [-0.2, 0) is 11.8 Å². The highest BCUT2D eigenvalue weighted by molar-refractivity contribution is 5.90. The molecule has 4 rings (SSSR count). The molecule has 6 nitrogen and oxygen atoms in total. The van der Waals surface area contributed by atoms with Crippen LogP contribution in [0.5, 0.6) is 0 Å². The van der Waals surface area contributed by atoms with Crippen LogP contribution in [0.1, 0.15) is 29.9 Å². The number of fused-ring (bicyclic) bond motifs is 1. The predicted octanol–water partition coefficient (Wildman–Crippen LogP) is 0.897. The quantitative estimate of drug-likeness (QED) is 0.876. The first kappa shape index (κ1) is 15.1. The summed E-state index contributed by atoms with van der Waals surface area (Å²) in [5.74, 6) is 2.53. The number of nitrogens with one attached hydrogen (secondary N) is 1. The minimum atomic E-state index is -0.115. The van der Waals surface area contributed by atoms with E-state index in [4.69, 9.17) is 4.74 Å². The van der Waals surface area contributed by atoms with Crippen LogP contribution in [0.3, 0.4) is 0 Å². The Labute approximate surface area is 137 Å². The number of ether oxygens (including phenoxy) is 1. The van der Waals surface area contributed by atoms with Gasteiger partial charge in [0.2, 0.25) is 0 Å². The van der Waals surface area contributed by atoms with Gasteiger partial charge >= 0.3 is 0 Å². The summed E-state index contributed by atoms with van der Waals surface area (Å²) in [5.41, 5.74) is 0. The van der Waals surface area contributed by atoms with Crippen molar-refractivity contribution in [3.63, 3.8) is 0 Å². The average Bonchev–Trinajstić information content (AvgIpc) is 3.10. The van der Waals surface area contributed by atoms with Crippen LogP contribution in [-0.4, -0.2) is 59.2 Å². The topological polar surface area (TPSA) is 59.4 Å². The third-order valence-corrected chi connectivity index (χ3v) is 5.58. The molecule has 3 atom stereocenters. The maximum atomic E-state index is 12.2. The van der Waals surface area contributed by atoms with Crippen molar-refractivity contribution < 1.29 is 9.53 Å². The number of carbonyl (C=O) groups excluding carboxylic acids is 1. The number of hydrogen-bond donors (Lipinski definition) is 1. The highest BCUT2D eigenvalue weighted by Crippen LogP contribution is 2.36. The fraction of sp³-hybridized carbons (Fsp3) is 0.765. The van der Waals surface area contributed by atoms with Crippen LogP contribution in [0.4, 0.5) is 0 Å². The van der Waals surface area contributed by atoms with Crippen molar-refractivity contribution in [3.8, 4) is 0 Å². The normalized spacial score (nSPS) is 31.1. The van der Waals surface area contributed by atoms with Crippen molar-refractivity contribution in [2.24, 2.45) is 24.8 Å². The van der Waals surface area contributed by atoms with Gasteiger partial charge in [-0.3, -0.25) is 4.79 Å². The Morgan fingerprint density at radius 1 is 1.43 bits per heavy atom. The van der Waals surface area contributed by atoms with E-state index in [0.717, 1.165) is 12.5 Å². The number of nitrogens with zero attached hydrogens (tertiary/aromatic N) is 3. The maximum absolute atomic E-state index is 12.2. The zero-order chi connectivity index (χ0) is 15.8. The second-order valence-electron chi connectivity index (χ2n) is 7.36. The van der Waals surface area contributed by atoms with Gasteiger partial charge in [-0.15, -0.1) is 0 Å². The predicted molar refractivity (Wildman–Crippen MR) is 86.0 cm³/mol. The van der Waals surface area contributed by atoms with Gasteiger partial charge in [0.05, 0.1) is 12.7 Å². The molecule has 3 fully saturated rings. The number of amides is 1. The fourth-order valence-corrected chi connectivity index (χ4v) is 4.06. The van der Waals surface area contributed by atoms with Gasteiger partial charge in [0.15, 0.2) is 5.82 Å². The number of piperidine rings is 1. The summed E-state index contributed by atoms with van der Waals surface area (Å²) in [6.07, 6.45) is 7.62. The van der Waals surface area contributed by atoms with E-state index in [1.54, 1.807) is 17.0 Å². The smallest absolute Gasteiger partial charge is 0.287 e. The maximum Gasteiger partial charge on any atom is 0.287 e. The van der Waals surface area contributed by atoms with E-state index in [-0.39, 0.29) is 12.0 Å². The van der Waals surface area contributed by atoms with E-state index in [1.807, 2.05) is 7.05 Å². The molecule has 1 aromatic rings. The van der Waals surface area contributed by atoms with Gasteiger partial charge in [0, 0.05) is 45.0 Å². The SMILES string of the molecule is Cn1ccnc1C(=O)NC[C@@H]1OC[C@H]2CN(CC3CC3)CC[C@H]21. The van der Waals surface area contributed by atoms with Crippen molar-refractivity contribution in [2.75, 3.05) is 32.8 Å². The van der Waals surface area contributed by atoms with E-state index < -0.39 is 0 Å². The molecule has 0 radical (unpaired) electrons. The van der Waals surface area contributed by atoms with E-state index >= 15 is 0 Å². The molecular formula is C17H26N4O2. The Kier molecular flexibility index (Phi) is 4.11. The Balaban J connectivity index is 1.28. The van der Waals surface area contributed by atoms with Gasteiger partial charge in [-0.25, -0.2) is 4.98 Å². The van der Waals surface area contributed by atoms with Crippen molar-refractivity contribution >= 4 is 5.91 Å². The molecule has 1 aliphatic carbocycles. The van der Waals surface area contributed by atoms with Crippen LogP contribution in [0.2, 0.25) is 0 Å². The lowest BCUT2D eigenvalue weighted by molar-refractivity contribution is 0.0738. The van der Waals surface area contributed by atoms with Crippen LogP contribution in [0, 0.1) is 17.8 Å². The average molecular weight is 318 g/mol. The van der Waals surface area contributed by atoms with Crippen molar-refractivity contribution in [1.29, 1.82) is 0 Å². The lowest BCUT2D eigenvalue weighted by Crippen LogP contribution is -2.44. The van der Waals surface area contributed by atoms with Crippen molar-refractivity contribution in [1.82, 2.24) is 19.8 Å². The van der Waals surface area contributed by atoms with Crippen molar-refractivity contribution in [3.05, 3.63) is 18.2 Å². The number of hydrogen-bond acceptors (Lipinski definition) is 4. The molecule has 3 aliphatic rings. The summed E-state index contributed by atoms with van der Waals surface area (Å²) in [6.45, 7) is 5.07. The van der Waals surface area contributed by atoms with E-state index in [1.165, 1.54) is 38.9 Å². The van der Waals surface area contributed by atoms with Gasteiger partial charge in [-0.1, -0.05) is 0 Å². The number of rotatable bonds is 5. The lowest BCUT2D eigenvalue weighted by Gasteiger charge is -2.35. The van der Waals surface area contributed by atoms with Crippen LogP contribution in [0.15, 0.2) is 12.4 Å². The Morgan fingerprint density at radius 2 is 2.30 bits per heavy atom. The summed E-state index contributed by atoms with van der Waals surface area (Å²) < 4.78 is 7.74. The summed E-state index contributed by atoms with van der Waals surface area (Å²) >= 11 is 0. The first-order valence-electron chi connectivity index (χ1n) is 8.80. The molecule has 0 unspecified atom stereocenters. The Bertz CT molecular complexity index is 569. The number of aromatic nitrogens is 2. The molecule has 1 aromatic heterocycles. The van der Waals surface area contributed by atoms with Crippen molar-refractivity contribution in [2.45, 2.75) is 25.4 Å². The summed E-state index contributed by atoms with van der Waals surface area (Å²) in [4.78, 5) is 18.9. The number of imidazole rings is 1. The van der Waals surface area contributed by atoms with Crippen LogP contribution in [0.25, 0.3) is 0 Å². The number of carbonyl (C=O) groups is 1. The molecule has 3 heterocycles. The van der Waals surface area contributed by atoms with Gasteiger partial charge in [-0.05, 0) is 37.6 Å². The Hall–Kier alpha value is -1.40. The molecule has 1 amide bonds. The third kappa shape index (κ3) is 3.28. The van der Waals surface area contributed by atoms with Crippen LogP contribution < -0.4 is 5.32 Å². The molecule has 2 aliphatic heterocycles. The van der Waals surface area contributed by atoms with Gasteiger partial charge < -0.3 is 19.5 Å². The lowest BCUT2D eigenvalue weighted by atomic mass is 9.84. The molecule has 0 bridgehead atoms. The largest absolute Gasteiger partial charge is 0.376 e. The molecule has 6 heteroatoms. The second-order valence-corrected chi connectivity index (χ2v) is 7.36. The summed E-state index contributed by atoms with van der Waals surface area (Å²) in [5, 5.41) is 2.99. The van der Waals surface area contributed by atoms with E-state index in [2.05, 4.69) is 15.2 Å². The molecule has 1 N–H and O–H groups in total. The molecule has 0 spiro atoms. The van der Waals surface area contributed by atoms with Crippen LogP contribution >= 0.6 is 0 Å². The zero-order valence-corrected chi connectivity index (χ0v) is 13.8. The number of likely N-dealkylation sites (tertiary alicyclic amines) is 1. The van der Waals surface area contributed by atoms with E-state index in [0.29, 0.717) is 24.2 Å². The first-order chi connectivity index (χ1) is 11.2. The molecule has 23 heavy (non-hydrogen) atoms. The minimum absolute atomic E-state index is 0.115. The second kappa shape index (κ2) is 6.24. The van der Waals surface area contributed by atoms with E-state index in [9.17, 15) is 4.79 Å². The zero-order valence-electron chi connectivity index (χ0n) is 13.8. The molecule has 1 saturated carbocycles. The minimum Gasteiger partial charge on any atom is -0.376 e. The van der Waals surface area contributed by atoms with Gasteiger partial charge in [-0.2, -0.15) is 0 Å². The molecule has 2 saturated heterocycles. The number of aryl methyl sites for hydroxylation is 1. The van der Waals surface area contributed by atoms with Gasteiger partial charge in [0.25, 0.3) is 5.91 Å². The fourth-order valence-electron chi connectivity index (χ4n) is 4.06. The monoisotopic (exact) mass is 318 g/mol. The standard InChI is InChI=1S/C17H26N4O2/c1-20-7-5-18-16(20)17(22)19-8-15-14-4-6-21(9-12-2-3-12)10-13(14)11-23-15/h5,7,12-15H,2-4,6,8-11H2,1H3,(H,19,22)/t13-,14-,15+/m1/s1. The summed E-state index contributed by atoms with van der Waals surface area (Å²) in [6, 6.07) is 0. The molecular weight excluding hydrogens is 292 g/mol. The summed E-state index contributed by atoms with van der Waals surface area (Å²) in [7, 11) is 1.83. The molecule has 0 aromatic carbocycles.